The van der Waals surface area contributed by atoms with E-state index in [1.807, 2.05) is 20.9 Å². The Bertz CT molecular complexity index is 1150. The molecular formula is C21H35N7O9S-2. The Morgan fingerprint density at radius 2 is 1.95 bits per heavy atom. The van der Waals surface area contributed by atoms with Crippen molar-refractivity contribution in [3.63, 3.8) is 0 Å². The second-order valence-electron chi connectivity index (χ2n) is 8.48. The van der Waals surface area contributed by atoms with E-state index in [4.69, 9.17) is 37.6 Å². The van der Waals surface area contributed by atoms with Gasteiger partial charge in [0.05, 0.1) is 6.61 Å². The number of aliphatic hydroxyl groups excluding tert-OH is 2. The molecule has 3 heterocycles. The monoisotopic (exact) mass is 561 g/mol. The van der Waals surface area contributed by atoms with Crippen LogP contribution in [0.1, 0.15) is 45.7 Å². The van der Waals surface area contributed by atoms with Crippen LogP contribution in [-0.2, 0) is 31.1 Å². The molecule has 0 aromatic carbocycles. The standard InChI is InChI=1S/C21H35N7O5.H2O4S/c1-5-15-25-16-19(22)23-12-24-20(16)28(15)21-18(30)17(29)14(33-21)11-27(4)9-7-8-10-32-26-13(3)31-6-2;1-5(2,3)4/h12,14,17-18,21,29-30H,5-11H2,1-4H3,(H2,22,23,24);(H2,1,2,3,4)/p-2/b26-13-;/t14-,17-,18-,21-;/m1./s1. The summed E-state index contributed by atoms with van der Waals surface area (Å²) in [7, 11) is -3.22. The first kappa shape index (κ1) is 31.5. The number of anilines is 1. The van der Waals surface area contributed by atoms with Gasteiger partial charge < -0.3 is 44.3 Å². The molecule has 2 aromatic rings. The second-order valence-corrected chi connectivity index (χ2v) is 9.30. The molecule has 4 N–H and O–H groups in total. The molecule has 38 heavy (non-hydrogen) atoms. The van der Waals surface area contributed by atoms with Crippen molar-refractivity contribution in [2.24, 2.45) is 5.16 Å². The van der Waals surface area contributed by atoms with E-state index in [1.165, 1.54) is 6.33 Å². The lowest BCUT2D eigenvalue weighted by molar-refractivity contribution is -0.0435. The number of hydrogen-bond acceptors (Lipinski definition) is 15. The highest BCUT2D eigenvalue weighted by Crippen LogP contribution is 2.34. The molecule has 1 saturated heterocycles. The summed E-state index contributed by atoms with van der Waals surface area (Å²) in [6.45, 7) is 7.89. The van der Waals surface area contributed by atoms with Gasteiger partial charge in [0.2, 0.25) is 5.90 Å². The number of aryl methyl sites for hydroxylation is 1. The minimum Gasteiger partial charge on any atom is -0.759 e. The predicted molar refractivity (Wildman–Crippen MR) is 133 cm³/mol. The molecule has 1 aliphatic rings. The Morgan fingerprint density at radius 1 is 1.26 bits per heavy atom. The number of rotatable bonds is 11. The Balaban J connectivity index is 0.000000926. The minimum atomic E-state index is -5.17. The van der Waals surface area contributed by atoms with Gasteiger partial charge in [-0.15, -0.1) is 0 Å². The van der Waals surface area contributed by atoms with Gasteiger partial charge in [0.1, 0.15) is 37.1 Å². The molecule has 1 aliphatic heterocycles. The molecule has 0 saturated carbocycles. The van der Waals surface area contributed by atoms with Crippen LogP contribution in [0, 0.1) is 0 Å². The number of likely N-dealkylation sites (N-methyl/N-ethyl adjacent to an activating group) is 1. The number of imidazole rings is 1. The highest BCUT2D eigenvalue weighted by molar-refractivity contribution is 7.79. The molecular weight excluding hydrogens is 526 g/mol. The average Bonchev–Trinajstić information content (AvgIpc) is 3.33. The molecule has 17 heteroatoms. The zero-order valence-electron chi connectivity index (χ0n) is 21.8. The van der Waals surface area contributed by atoms with Crippen LogP contribution < -0.4 is 5.73 Å². The molecule has 0 unspecified atom stereocenters. The number of fused-ring (bicyclic) bond motifs is 1. The van der Waals surface area contributed by atoms with Crippen molar-refractivity contribution in [3.05, 3.63) is 12.2 Å². The van der Waals surface area contributed by atoms with Crippen LogP contribution in [0.15, 0.2) is 11.5 Å². The van der Waals surface area contributed by atoms with Crippen molar-refractivity contribution in [2.75, 3.05) is 39.1 Å². The van der Waals surface area contributed by atoms with Crippen molar-refractivity contribution >= 4 is 33.3 Å². The van der Waals surface area contributed by atoms with Crippen LogP contribution in [0.25, 0.3) is 11.2 Å². The Hall–Kier alpha value is -2.67. The predicted octanol–water partition coefficient (Wildman–Crippen LogP) is -0.649. The zero-order valence-corrected chi connectivity index (χ0v) is 22.6. The zero-order chi connectivity index (χ0) is 28.5. The topological polar surface area (TPSA) is 234 Å². The molecule has 16 nitrogen and oxygen atoms in total. The summed E-state index contributed by atoms with van der Waals surface area (Å²) in [6.07, 6.45) is 0.106. The van der Waals surface area contributed by atoms with Gasteiger partial charge in [-0.1, -0.05) is 12.1 Å². The molecule has 2 aromatic heterocycles. The lowest BCUT2D eigenvalue weighted by Gasteiger charge is -2.22. The van der Waals surface area contributed by atoms with Crippen molar-refractivity contribution in [1.29, 1.82) is 0 Å². The number of hydrogen-bond donors (Lipinski definition) is 3. The third-order valence-electron chi connectivity index (χ3n) is 5.55. The first-order valence-electron chi connectivity index (χ1n) is 12.0. The SMILES string of the molecule is CCO/C(C)=N\OCCCCN(C)C[C@H]1O[C@@H](n2c(CC)nc3c(N)ncnc32)[C@H](O)[C@@H]1O.O=S(=O)([O-])[O-]. The molecule has 0 spiro atoms. The summed E-state index contributed by atoms with van der Waals surface area (Å²) in [5, 5.41) is 25.3. The molecule has 0 radical (unpaired) electrons. The number of ether oxygens (including phenoxy) is 2. The van der Waals surface area contributed by atoms with Gasteiger partial charge in [-0.3, -0.25) is 13.0 Å². The summed E-state index contributed by atoms with van der Waals surface area (Å²) in [6, 6.07) is 0. The minimum absolute atomic E-state index is 0.264. The van der Waals surface area contributed by atoms with Crippen LogP contribution in [0.3, 0.4) is 0 Å². The number of nitrogens with two attached hydrogens (primary N) is 1. The first-order valence-corrected chi connectivity index (χ1v) is 13.3. The molecule has 0 amide bonds. The van der Waals surface area contributed by atoms with Crippen LogP contribution in [0.2, 0.25) is 0 Å². The maximum absolute atomic E-state index is 10.8. The number of aromatic nitrogens is 4. The molecule has 0 aliphatic carbocycles. The van der Waals surface area contributed by atoms with Crippen LogP contribution in [0.5, 0.6) is 0 Å². The summed E-state index contributed by atoms with van der Waals surface area (Å²) < 4.78 is 47.1. The highest BCUT2D eigenvalue weighted by atomic mass is 32.3. The van der Waals surface area contributed by atoms with E-state index in [1.54, 1.807) is 11.5 Å². The van der Waals surface area contributed by atoms with E-state index in [2.05, 4.69) is 25.0 Å². The van der Waals surface area contributed by atoms with Crippen molar-refractivity contribution in [3.8, 4) is 0 Å². The van der Waals surface area contributed by atoms with Crippen LogP contribution in [-0.4, -0.2) is 110 Å². The quantitative estimate of drug-likeness (QED) is 0.0772. The Kier molecular flexibility index (Phi) is 12.0. The Morgan fingerprint density at radius 3 is 2.58 bits per heavy atom. The Labute approximate surface area is 221 Å². The van der Waals surface area contributed by atoms with Gasteiger partial charge in [-0.2, -0.15) is 0 Å². The fourth-order valence-electron chi connectivity index (χ4n) is 3.90. The fourth-order valence-corrected chi connectivity index (χ4v) is 3.90. The number of nitrogen functional groups attached to an aromatic ring is 1. The molecule has 4 atom stereocenters. The van der Waals surface area contributed by atoms with E-state index in [0.29, 0.717) is 49.1 Å². The van der Waals surface area contributed by atoms with E-state index < -0.39 is 34.9 Å². The lowest BCUT2D eigenvalue weighted by Crippen LogP contribution is -2.38. The van der Waals surface area contributed by atoms with Gasteiger partial charge in [0.15, 0.2) is 23.2 Å². The molecule has 1 fully saturated rings. The van der Waals surface area contributed by atoms with E-state index in [9.17, 15) is 10.2 Å². The van der Waals surface area contributed by atoms with Crippen molar-refractivity contribution in [1.82, 2.24) is 24.4 Å². The molecule has 0 bridgehead atoms. The largest absolute Gasteiger partial charge is 0.759 e. The molecule has 216 valence electrons. The highest BCUT2D eigenvalue weighted by Gasteiger charge is 2.45. The maximum Gasteiger partial charge on any atom is 0.222 e. The number of nitrogens with zero attached hydrogens (tertiary/aromatic N) is 6. The van der Waals surface area contributed by atoms with Gasteiger partial charge >= 0.3 is 0 Å². The third kappa shape index (κ3) is 9.26. The summed E-state index contributed by atoms with van der Waals surface area (Å²) >= 11 is 0. The molecule has 3 rings (SSSR count). The maximum atomic E-state index is 10.8. The fraction of sp³-hybridized carbons (Fsp3) is 0.714. The average molecular weight is 562 g/mol. The first-order chi connectivity index (χ1) is 17.9. The third-order valence-corrected chi connectivity index (χ3v) is 5.55. The van der Waals surface area contributed by atoms with Gasteiger partial charge in [0.25, 0.3) is 0 Å². The summed E-state index contributed by atoms with van der Waals surface area (Å²) in [5.74, 6) is 1.44. The lowest BCUT2D eigenvalue weighted by atomic mass is 10.1. The van der Waals surface area contributed by atoms with Gasteiger partial charge in [0, 0.05) is 30.3 Å². The second kappa shape index (κ2) is 14.5. The number of unbranched alkanes of at least 4 members (excludes halogenated alkanes) is 1. The number of oxime groups is 1. The van der Waals surface area contributed by atoms with Crippen LogP contribution in [0.4, 0.5) is 5.82 Å². The number of aliphatic hydroxyl groups is 2. The summed E-state index contributed by atoms with van der Waals surface area (Å²) in [4.78, 5) is 20.1. The van der Waals surface area contributed by atoms with E-state index >= 15 is 0 Å². The normalized spacial score (nSPS) is 22.0. The van der Waals surface area contributed by atoms with Gasteiger partial charge in [-0.05, 0) is 33.4 Å². The smallest absolute Gasteiger partial charge is 0.222 e. The van der Waals surface area contributed by atoms with Crippen LogP contribution >= 0.6 is 0 Å². The van der Waals surface area contributed by atoms with Gasteiger partial charge in [-0.25, -0.2) is 15.0 Å². The van der Waals surface area contributed by atoms with Crippen molar-refractivity contribution < 1.29 is 42.0 Å². The van der Waals surface area contributed by atoms with Crippen molar-refractivity contribution in [2.45, 2.75) is 64.6 Å². The van der Waals surface area contributed by atoms with E-state index in [-0.39, 0.29) is 5.82 Å². The van der Waals surface area contributed by atoms with E-state index in [0.717, 1.165) is 19.4 Å². The summed E-state index contributed by atoms with van der Waals surface area (Å²) in [5.41, 5.74) is 6.88.